The van der Waals surface area contributed by atoms with Crippen molar-refractivity contribution >= 4 is 43.1 Å². The zero-order valence-corrected chi connectivity index (χ0v) is 15.4. The lowest BCUT2D eigenvalue weighted by molar-refractivity contribution is 0.105. The standard InChI is InChI=1S/C22H14O5S/c23-12-19-20(21(24)15-7-2-4-11-18(15)28(19,25)26)16-9-5-8-14-13-6-1-3-10-17(13)27-22(14)16/h1-11,23H,12H2. The van der Waals surface area contributed by atoms with Crippen LogP contribution in [-0.2, 0) is 9.84 Å². The molecule has 0 unspecified atom stereocenters. The number of ketones is 1. The summed E-state index contributed by atoms with van der Waals surface area (Å²) in [7, 11) is -3.99. The number of rotatable bonds is 2. The second-order valence-electron chi connectivity index (χ2n) is 6.57. The fourth-order valence-corrected chi connectivity index (χ4v) is 5.41. The molecule has 0 saturated carbocycles. The summed E-state index contributed by atoms with van der Waals surface area (Å²) in [5.41, 5.74) is 1.49. The van der Waals surface area contributed by atoms with Gasteiger partial charge in [0.2, 0.25) is 9.84 Å². The highest BCUT2D eigenvalue weighted by atomic mass is 32.2. The molecule has 0 atom stereocenters. The van der Waals surface area contributed by atoms with E-state index < -0.39 is 22.2 Å². The molecule has 3 aromatic carbocycles. The van der Waals surface area contributed by atoms with Gasteiger partial charge in [-0.05, 0) is 18.2 Å². The van der Waals surface area contributed by atoms with E-state index in [0.29, 0.717) is 16.7 Å². The number of benzene rings is 3. The third-order valence-electron chi connectivity index (χ3n) is 5.07. The summed E-state index contributed by atoms with van der Waals surface area (Å²) in [4.78, 5) is 12.9. The van der Waals surface area contributed by atoms with Crippen molar-refractivity contribution in [3.63, 3.8) is 0 Å². The molecule has 6 heteroatoms. The molecule has 1 aromatic heterocycles. The molecule has 138 valence electrons. The van der Waals surface area contributed by atoms with Gasteiger partial charge in [-0.25, -0.2) is 8.42 Å². The van der Waals surface area contributed by atoms with Gasteiger partial charge in [-0.15, -0.1) is 0 Å². The molecule has 0 amide bonds. The Morgan fingerprint density at radius 2 is 1.50 bits per heavy atom. The number of aliphatic hydroxyl groups excluding tert-OH is 1. The normalized spacial score (nSPS) is 16.0. The first-order valence-corrected chi connectivity index (χ1v) is 10.2. The van der Waals surface area contributed by atoms with Crippen LogP contribution < -0.4 is 0 Å². The summed E-state index contributed by atoms with van der Waals surface area (Å²) in [6, 6.07) is 18.8. The molecule has 0 saturated heterocycles. The molecule has 28 heavy (non-hydrogen) atoms. The van der Waals surface area contributed by atoms with Gasteiger partial charge < -0.3 is 9.52 Å². The van der Waals surface area contributed by atoms with Gasteiger partial charge in [0.25, 0.3) is 0 Å². The van der Waals surface area contributed by atoms with Gasteiger partial charge in [0.1, 0.15) is 11.2 Å². The van der Waals surface area contributed by atoms with Gasteiger partial charge in [-0.3, -0.25) is 4.79 Å². The molecule has 5 nitrogen and oxygen atoms in total. The van der Waals surface area contributed by atoms with Gasteiger partial charge >= 0.3 is 0 Å². The lowest BCUT2D eigenvalue weighted by Crippen LogP contribution is -2.23. The van der Waals surface area contributed by atoms with Gasteiger partial charge in [0.05, 0.1) is 22.0 Å². The molecule has 0 aliphatic carbocycles. The lowest BCUT2D eigenvalue weighted by atomic mass is 9.94. The number of Topliss-reactive ketones (excluding diaryl/α,β-unsaturated/α-hetero) is 1. The smallest absolute Gasteiger partial charge is 0.206 e. The average molecular weight is 390 g/mol. The van der Waals surface area contributed by atoms with E-state index in [-0.39, 0.29) is 20.9 Å². The van der Waals surface area contributed by atoms with E-state index in [4.69, 9.17) is 4.42 Å². The van der Waals surface area contributed by atoms with Crippen LogP contribution in [0.3, 0.4) is 0 Å². The van der Waals surface area contributed by atoms with Gasteiger partial charge in [-0.1, -0.05) is 48.5 Å². The maximum absolute atomic E-state index is 13.3. The molecule has 1 aliphatic rings. The molecule has 0 bridgehead atoms. The third kappa shape index (κ3) is 2.16. The highest BCUT2D eigenvalue weighted by molar-refractivity contribution is 7.95. The van der Waals surface area contributed by atoms with Crippen molar-refractivity contribution in [3.8, 4) is 0 Å². The van der Waals surface area contributed by atoms with Crippen molar-refractivity contribution in [1.82, 2.24) is 0 Å². The highest BCUT2D eigenvalue weighted by Gasteiger charge is 2.38. The number of furan rings is 1. The van der Waals surface area contributed by atoms with Crippen LogP contribution in [0.1, 0.15) is 15.9 Å². The maximum atomic E-state index is 13.3. The zero-order valence-electron chi connectivity index (χ0n) is 14.5. The fraction of sp³-hybridized carbons (Fsp3) is 0.0455. The highest BCUT2D eigenvalue weighted by Crippen LogP contribution is 2.41. The molecule has 4 aromatic rings. The van der Waals surface area contributed by atoms with Crippen LogP contribution in [0.15, 0.2) is 80.9 Å². The molecular weight excluding hydrogens is 376 g/mol. The minimum absolute atomic E-state index is 0.0362. The number of allylic oxidation sites excluding steroid dienone is 1. The first kappa shape index (κ1) is 16.9. The number of fused-ring (bicyclic) bond motifs is 4. The summed E-state index contributed by atoms with van der Waals surface area (Å²) in [5, 5.41) is 11.5. The van der Waals surface area contributed by atoms with Crippen LogP contribution in [-0.4, -0.2) is 25.9 Å². The summed E-state index contributed by atoms with van der Waals surface area (Å²) in [5.74, 6) is -0.442. The number of carbonyl (C=O) groups is 1. The number of hydrogen-bond donors (Lipinski definition) is 1. The number of para-hydroxylation sites is 2. The minimum atomic E-state index is -3.99. The van der Waals surface area contributed by atoms with Crippen molar-refractivity contribution in [1.29, 1.82) is 0 Å². The van der Waals surface area contributed by atoms with Crippen molar-refractivity contribution < 1.29 is 22.7 Å². The largest absolute Gasteiger partial charge is 0.455 e. The Hall–Kier alpha value is -3.22. The van der Waals surface area contributed by atoms with Crippen molar-refractivity contribution in [2.24, 2.45) is 0 Å². The first-order valence-electron chi connectivity index (χ1n) is 8.67. The molecule has 0 radical (unpaired) electrons. The molecule has 0 spiro atoms. The topological polar surface area (TPSA) is 84.6 Å². The summed E-state index contributed by atoms with van der Waals surface area (Å²) in [6.45, 7) is -0.769. The Bertz CT molecular complexity index is 1420. The fourth-order valence-electron chi connectivity index (χ4n) is 3.80. The minimum Gasteiger partial charge on any atom is -0.455 e. The molecule has 1 aliphatic heterocycles. The third-order valence-corrected chi connectivity index (χ3v) is 6.99. The van der Waals surface area contributed by atoms with Crippen LogP contribution in [0.2, 0.25) is 0 Å². The number of aliphatic hydroxyl groups is 1. The van der Waals surface area contributed by atoms with E-state index in [9.17, 15) is 18.3 Å². The molecule has 1 N–H and O–H groups in total. The summed E-state index contributed by atoms with van der Waals surface area (Å²) >= 11 is 0. The monoisotopic (exact) mass is 390 g/mol. The molecule has 2 heterocycles. The number of carbonyl (C=O) groups excluding carboxylic acids is 1. The van der Waals surface area contributed by atoms with Crippen LogP contribution in [0.25, 0.3) is 27.5 Å². The second kappa shape index (κ2) is 5.89. The van der Waals surface area contributed by atoms with Crippen LogP contribution in [0.4, 0.5) is 0 Å². The molecular formula is C22H14O5S. The van der Waals surface area contributed by atoms with Crippen LogP contribution in [0, 0.1) is 0 Å². The number of sulfone groups is 1. The van der Waals surface area contributed by atoms with E-state index in [1.807, 2.05) is 30.3 Å². The van der Waals surface area contributed by atoms with Crippen molar-refractivity contribution in [2.75, 3.05) is 6.61 Å². The lowest BCUT2D eigenvalue weighted by Gasteiger charge is -2.21. The number of hydrogen-bond acceptors (Lipinski definition) is 5. The second-order valence-corrected chi connectivity index (χ2v) is 8.50. The van der Waals surface area contributed by atoms with Gasteiger partial charge in [0, 0.05) is 21.9 Å². The molecule has 0 fully saturated rings. The zero-order chi connectivity index (χ0) is 19.5. The van der Waals surface area contributed by atoms with Crippen molar-refractivity contribution in [3.05, 3.63) is 82.8 Å². The van der Waals surface area contributed by atoms with E-state index >= 15 is 0 Å². The Labute approximate surface area is 160 Å². The Kier molecular flexibility index (Phi) is 3.56. The van der Waals surface area contributed by atoms with E-state index in [1.54, 1.807) is 24.3 Å². The maximum Gasteiger partial charge on any atom is 0.206 e. The SMILES string of the molecule is O=C1C(c2cccc3c2oc2ccccc23)=C(CO)S(=O)(=O)c2ccccc21. The summed E-state index contributed by atoms with van der Waals surface area (Å²) < 4.78 is 32.1. The predicted molar refractivity (Wildman–Crippen MR) is 106 cm³/mol. The van der Waals surface area contributed by atoms with E-state index in [2.05, 4.69) is 0 Å². The first-order chi connectivity index (χ1) is 13.5. The van der Waals surface area contributed by atoms with E-state index in [1.165, 1.54) is 12.1 Å². The van der Waals surface area contributed by atoms with Crippen LogP contribution in [0.5, 0.6) is 0 Å². The Balaban J connectivity index is 1.91. The van der Waals surface area contributed by atoms with Gasteiger partial charge in [0.15, 0.2) is 5.78 Å². The Morgan fingerprint density at radius 1 is 0.821 bits per heavy atom. The Morgan fingerprint density at radius 3 is 2.32 bits per heavy atom. The molecule has 5 rings (SSSR count). The predicted octanol–water partition coefficient (Wildman–Crippen LogP) is 3.96. The summed E-state index contributed by atoms with van der Waals surface area (Å²) in [6.07, 6.45) is 0. The van der Waals surface area contributed by atoms with Crippen molar-refractivity contribution in [2.45, 2.75) is 4.90 Å². The van der Waals surface area contributed by atoms with E-state index in [0.717, 1.165) is 10.8 Å². The van der Waals surface area contributed by atoms with Gasteiger partial charge in [-0.2, -0.15) is 0 Å². The van der Waals surface area contributed by atoms with Crippen LogP contribution >= 0.6 is 0 Å². The quantitative estimate of drug-likeness (QED) is 0.560. The average Bonchev–Trinajstić information content (AvgIpc) is 3.09.